The maximum absolute atomic E-state index is 6.80. The molecule has 3 nitrogen and oxygen atoms in total. The Kier molecular flexibility index (Phi) is 7.07. The molecule has 0 bridgehead atoms. The van der Waals surface area contributed by atoms with Gasteiger partial charge in [0.2, 0.25) is 0 Å². The Labute approximate surface area is 369 Å². The number of rotatable bonds is 3. The Balaban J connectivity index is 1.21. The molecule has 5 heteroatoms. The summed E-state index contributed by atoms with van der Waals surface area (Å²) in [6.45, 7) is 6.79. The molecule has 0 amide bonds. The smallest absolute Gasteiger partial charge is 0.333 e. The minimum Gasteiger partial charge on any atom is -0.456 e. The number of para-hydroxylation sites is 2. The van der Waals surface area contributed by atoms with Crippen LogP contribution in [0.3, 0.4) is 0 Å². The van der Waals surface area contributed by atoms with Crippen LogP contribution in [0.5, 0.6) is 0 Å². The minimum absolute atomic E-state index is 0.0422. The van der Waals surface area contributed by atoms with Gasteiger partial charge >= 0.3 is 6.85 Å². The molecule has 0 fully saturated rings. The highest BCUT2D eigenvalue weighted by Gasteiger charge is 2.46. The van der Waals surface area contributed by atoms with E-state index in [1.807, 2.05) is 11.3 Å². The van der Waals surface area contributed by atoms with E-state index in [-0.39, 0.29) is 12.3 Å². The molecule has 2 aliphatic heterocycles. The summed E-state index contributed by atoms with van der Waals surface area (Å²) in [5, 5.41) is 7.39. The van der Waals surface area contributed by atoms with E-state index in [1.165, 1.54) is 109 Å². The van der Waals surface area contributed by atoms with Gasteiger partial charge in [0, 0.05) is 54.0 Å². The van der Waals surface area contributed by atoms with Crippen LogP contribution in [-0.2, 0) is 5.41 Å². The topological polar surface area (TPSA) is 21.3 Å². The Morgan fingerprint density at radius 1 is 0.492 bits per heavy atom. The van der Waals surface area contributed by atoms with Crippen LogP contribution in [0.1, 0.15) is 26.3 Å². The zero-order chi connectivity index (χ0) is 41.7. The summed E-state index contributed by atoms with van der Waals surface area (Å²) in [5.41, 5.74) is 19.2. The van der Waals surface area contributed by atoms with E-state index in [4.69, 9.17) is 4.42 Å². The molecule has 9 aromatic carbocycles. The van der Waals surface area contributed by atoms with E-state index in [0.717, 1.165) is 22.2 Å². The Morgan fingerprint density at radius 3 is 2.05 bits per heavy atom. The molecule has 63 heavy (non-hydrogen) atoms. The summed E-state index contributed by atoms with van der Waals surface area (Å²) in [6, 6.07) is 67.8. The first-order valence-corrected chi connectivity index (χ1v) is 22.8. The van der Waals surface area contributed by atoms with Gasteiger partial charge in [0.1, 0.15) is 11.2 Å². The normalized spacial score (nSPS) is 13.3. The van der Waals surface area contributed by atoms with Crippen LogP contribution in [0.4, 0.5) is 17.1 Å². The molecule has 0 aliphatic carbocycles. The highest BCUT2D eigenvalue weighted by molar-refractivity contribution is 7.27. The van der Waals surface area contributed by atoms with Crippen LogP contribution < -0.4 is 15.8 Å². The van der Waals surface area contributed by atoms with Crippen LogP contribution >= 0.6 is 11.3 Å². The first-order chi connectivity index (χ1) is 30.9. The van der Waals surface area contributed by atoms with Gasteiger partial charge in [0.25, 0.3) is 0 Å². The standard InChI is InChI=1S/C58H39BN2OS/c1-58(2,3)38-26-28-46(44(33-38)35-17-8-5-9-18-35)60-47-29-30-49-51(41-19-10-12-23-48(41)62-49)53(47)59-52-45(32-37-31-36(25-27-39(37)55(52)60)34-15-6-4-7-16-34)40-21-14-22-43-54(40)61(59)56-42-20-11-13-24-50(42)63-57(43)56/h4-33H,1-3H3. The Morgan fingerprint density at radius 2 is 1.22 bits per heavy atom. The van der Waals surface area contributed by atoms with Crippen LogP contribution in [0.15, 0.2) is 186 Å². The fourth-order valence-corrected chi connectivity index (χ4v) is 12.3. The van der Waals surface area contributed by atoms with Crippen LogP contribution in [0.25, 0.3) is 97.3 Å². The molecule has 12 aromatic rings. The van der Waals surface area contributed by atoms with Gasteiger partial charge in [0.05, 0.1) is 21.6 Å². The van der Waals surface area contributed by atoms with Gasteiger partial charge in [-0.3, -0.25) is 0 Å². The average Bonchev–Trinajstić information content (AvgIpc) is 4.00. The second-order valence-electron chi connectivity index (χ2n) is 18.4. The third-order valence-electron chi connectivity index (χ3n) is 13.9. The predicted molar refractivity (Wildman–Crippen MR) is 270 cm³/mol. The van der Waals surface area contributed by atoms with Crippen LogP contribution in [0, 0.1) is 0 Å². The van der Waals surface area contributed by atoms with Crippen molar-refractivity contribution < 1.29 is 4.42 Å². The fourth-order valence-electron chi connectivity index (χ4n) is 11.1. The molecule has 5 heterocycles. The number of nitrogens with zero attached hydrogens (tertiary/aromatic N) is 2. The van der Waals surface area contributed by atoms with Gasteiger partial charge in [-0.1, -0.05) is 154 Å². The van der Waals surface area contributed by atoms with Crippen molar-refractivity contribution >= 4 is 110 Å². The van der Waals surface area contributed by atoms with E-state index in [0.29, 0.717) is 0 Å². The molecule has 2 aliphatic rings. The SMILES string of the molecule is CC(C)(C)c1ccc(N2c3ccc4oc5ccccc5c4c3B3c4c(cc5cc(-c6ccccc6)ccc5c42)-c2cccc4c5sc6ccccc6c5n3c24)c(-c2ccccc2)c1. The van der Waals surface area contributed by atoms with Crippen LogP contribution in [-0.4, -0.2) is 11.3 Å². The molecule has 0 atom stereocenters. The van der Waals surface area contributed by atoms with E-state index in [2.05, 4.69) is 212 Å². The number of furan rings is 1. The third-order valence-corrected chi connectivity index (χ3v) is 15.1. The third kappa shape index (κ3) is 4.80. The second-order valence-corrected chi connectivity index (χ2v) is 19.4. The number of thiophene rings is 1. The molecule has 296 valence electrons. The van der Waals surface area contributed by atoms with Crippen molar-refractivity contribution in [2.45, 2.75) is 26.2 Å². The van der Waals surface area contributed by atoms with Gasteiger partial charge in [-0.25, -0.2) is 0 Å². The summed E-state index contributed by atoms with van der Waals surface area (Å²) in [6.07, 6.45) is 0. The van der Waals surface area contributed by atoms with Gasteiger partial charge in [0.15, 0.2) is 0 Å². The summed E-state index contributed by atoms with van der Waals surface area (Å²) >= 11 is 1.92. The number of hydrogen-bond acceptors (Lipinski definition) is 3. The van der Waals surface area contributed by atoms with E-state index < -0.39 is 0 Å². The average molecular weight is 823 g/mol. The largest absolute Gasteiger partial charge is 0.456 e. The zero-order valence-corrected chi connectivity index (χ0v) is 35.9. The van der Waals surface area contributed by atoms with Crippen molar-refractivity contribution in [1.82, 2.24) is 4.48 Å². The molecular formula is C58H39BN2OS. The molecule has 0 unspecified atom stereocenters. The molecule has 0 spiro atoms. The van der Waals surface area contributed by atoms with E-state index in [1.54, 1.807) is 0 Å². The molecule has 0 saturated heterocycles. The highest BCUT2D eigenvalue weighted by atomic mass is 32.1. The van der Waals surface area contributed by atoms with Gasteiger partial charge < -0.3 is 13.8 Å². The van der Waals surface area contributed by atoms with Crippen molar-refractivity contribution in [2.75, 3.05) is 4.90 Å². The molecule has 14 rings (SSSR count). The Bertz CT molecular complexity index is 3910. The molecule has 3 aromatic heterocycles. The summed E-state index contributed by atoms with van der Waals surface area (Å²) in [4.78, 5) is 2.63. The molecular weight excluding hydrogens is 784 g/mol. The van der Waals surface area contributed by atoms with E-state index in [9.17, 15) is 0 Å². The van der Waals surface area contributed by atoms with Crippen molar-refractivity contribution in [1.29, 1.82) is 0 Å². The van der Waals surface area contributed by atoms with Crippen molar-refractivity contribution in [2.24, 2.45) is 0 Å². The monoisotopic (exact) mass is 822 g/mol. The zero-order valence-electron chi connectivity index (χ0n) is 35.1. The fraction of sp³-hybridized carbons (Fsp3) is 0.0690. The number of hydrogen-bond donors (Lipinski definition) is 0. The van der Waals surface area contributed by atoms with Crippen LogP contribution in [0.2, 0.25) is 0 Å². The lowest BCUT2D eigenvalue weighted by atomic mass is 9.44. The highest BCUT2D eigenvalue weighted by Crippen LogP contribution is 2.53. The van der Waals surface area contributed by atoms with Crippen molar-refractivity contribution in [3.05, 3.63) is 188 Å². The minimum atomic E-state index is -0.147. The molecule has 0 radical (unpaired) electrons. The maximum Gasteiger partial charge on any atom is 0.333 e. The van der Waals surface area contributed by atoms with Crippen molar-refractivity contribution in [3.8, 4) is 33.4 Å². The number of fused-ring (bicyclic) bond motifs is 15. The van der Waals surface area contributed by atoms with Gasteiger partial charge in [-0.2, -0.15) is 0 Å². The van der Waals surface area contributed by atoms with E-state index >= 15 is 0 Å². The van der Waals surface area contributed by atoms with Gasteiger partial charge in [-0.15, -0.1) is 11.3 Å². The molecule has 0 saturated carbocycles. The Hall–Kier alpha value is -7.34. The van der Waals surface area contributed by atoms with Gasteiger partial charge in [-0.05, 0) is 98.1 Å². The van der Waals surface area contributed by atoms with Crippen molar-refractivity contribution in [3.63, 3.8) is 0 Å². The summed E-state index contributed by atoms with van der Waals surface area (Å²) < 4.78 is 12.2. The first kappa shape index (κ1) is 35.3. The lowest BCUT2D eigenvalue weighted by Crippen LogP contribution is -2.57. The lowest BCUT2D eigenvalue weighted by molar-refractivity contribution is 0.590. The first-order valence-electron chi connectivity index (χ1n) is 22.0. The maximum atomic E-state index is 6.80. The summed E-state index contributed by atoms with van der Waals surface area (Å²) in [5.74, 6) is 0. The number of benzene rings is 9. The summed E-state index contributed by atoms with van der Waals surface area (Å²) in [7, 11) is 0. The molecule has 0 N–H and O–H groups in total. The number of anilines is 3. The number of aromatic nitrogens is 1. The second kappa shape index (κ2) is 12.6. The lowest BCUT2D eigenvalue weighted by Gasteiger charge is -2.42. The quantitative estimate of drug-likeness (QED) is 0.166. The predicted octanol–water partition coefficient (Wildman–Crippen LogP) is 15.1.